The molecule has 3 aromatic heterocycles. The number of nitrogens with zero attached hydrogens (tertiary/aromatic N) is 6. The number of methoxy groups -OCH3 is 1. The van der Waals surface area contributed by atoms with Gasteiger partial charge in [-0.1, -0.05) is 17.0 Å². The number of hydrogen-bond acceptors (Lipinski definition) is 7. The second-order valence-electron chi connectivity index (χ2n) is 4.84. The van der Waals surface area contributed by atoms with Gasteiger partial charge in [-0.3, -0.25) is 0 Å². The molecule has 0 unspecified atom stereocenters. The van der Waals surface area contributed by atoms with E-state index < -0.39 is 0 Å². The highest BCUT2D eigenvalue weighted by atomic mass is 16.7. The van der Waals surface area contributed by atoms with Crippen molar-refractivity contribution in [2.24, 2.45) is 0 Å². The molecule has 0 fully saturated rings. The maximum atomic E-state index is 5.73. The van der Waals surface area contributed by atoms with Gasteiger partial charge in [-0.25, -0.2) is 9.97 Å². The van der Waals surface area contributed by atoms with Crippen molar-refractivity contribution >= 4 is 22.2 Å². The lowest BCUT2D eigenvalue weighted by atomic mass is 10.3. The fraction of sp³-hybridized carbons (Fsp3) is 0.133. The number of hydrogen-bond donors (Lipinski definition) is 0. The van der Waals surface area contributed by atoms with Crippen LogP contribution in [0.4, 0.5) is 0 Å². The van der Waals surface area contributed by atoms with E-state index in [0.717, 1.165) is 11.0 Å². The summed E-state index contributed by atoms with van der Waals surface area (Å²) in [6.07, 6.45) is 1.61. The monoisotopic (exact) mass is 308 g/mol. The second kappa shape index (κ2) is 5.16. The summed E-state index contributed by atoms with van der Waals surface area (Å²) in [5.74, 6) is 0.928. The maximum Gasteiger partial charge on any atom is 0.272 e. The number of aromatic nitrogens is 6. The third-order valence-electron chi connectivity index (χ3n) is 3.38. The molecule has 4 rings (SSSR count). The van der Waals surface area contributed by atoms with Crippen LogP contribution in [0.1, 0.15) is 5.69 Å². The van der Waals surface area contributed by atoms with E-state index in [2.05, 4.69) is 25.3 Å². The van der Waals surface area contributed by atoms with E-state index in [1.807, 2.05) is 24.3 Å². The molecular weight excluding hydrogens is 296 g/mol. The molecule has 8 heteroatoms. The molecular formula is C15H12N6O2. The number of fused-ring (bicyclic) bond motifs is 2. The van der Waals surface area contributed by atoms with Crippen molar-refractivity contribution in [3.8, 4) is 11.6 Å². The lowest BCUT2D eigenvalue weighted by Gasteiger charge is -2.08. The molecule has 0 bridgehead atoms. The van der Waals surface area contributed by atoms with Gasteiger partial charge in [0.2, 0.25) is 0 Å². The summed E-state index contributed by atoms with van der Waals surface area (Å²) in [4.78, 5) is 20.1. The molecule has 0 atom stereocenters. The van der Waals surface area contributed by atoms with Gasteiger partial charge in [-0.2, -0.15) is 4.98 Å². The first-order chi connectivity index (χ1) is 11.3. The topological polar surface area (TPSA) is 87.8 Å². The minimum absolute atomic E-state index is 0.314. The average molecular weight is 308 g/mol. The Balaban J connectivity index is 1.81. The second-order valence-corrected chi connectivity index (χ2v) is 4.84. The van der Waals surface area contributed by atoms with Crippen LogP contribution in [-0.2, 0) is 0 Å². The van der Waals surface area contributed by atoms with Crippen molar-refractivity contribution in [1.29, 1.82) is 0 Å². The predicted octanol–water partition coefficient (Wildman–Crippen LogP) is 1.93. The van der Waals surface area contributed by atoms with Crippen molar-refractivity contribution in [3.63, 3.8) is 0 Å². The van der Waals surface area contributed by atoms with E-state index in [1.165, 1.54) is 4.85 Å². The van der Waals surface area contributed by atoms with Crippen LogP contribution < -0.4 is 9.57 Å². The van der Waals surface area contributed by atoms with Gasteiger partial charge in [0.15, 0.2) is 11.2 Å². The Bertz CT molecular complexity index is 1010. The molecule has 0 saturated heterocycles. The molecule has 0 aliphatic carbocycles. The van der Waals surface area contributed by atoms with Crippen LogP contribution in [0.5, 0.6) is 11.6 Å². The molecule has 0 N–H and O–H groups in total. The molecule has 0 amide bonds. The first-order valence-corrected chi connectivity index (χ1v) is 6.92. The van der Waals surface area contributed by atoms with Gasteiger partial charge in [-0.05, 0) is 24.3 Å². The Kier molecular flexibility index (Phi) is 3.00. The van der Waals surface area contributed by atoms with Crippen molar-refractivity contribution in [3.05, 3.63) is 42.2 Å². The highest BCUT2D eigenvalue weighted by molar-refractivity contribution is 5.77. The van der Waals surface area contributed by atoms with Gasteiger partial charge in [0, 0.05) is 12.3 Å². The minimum atomic E-state index is 0.314. The van der Waals surface area contributed by atoms with Gasteiger partial charge in [-0.15, -0.1) is 5.10 Å². The first kappa shape index (κ1) is 13.4. The molecule has 0 radical (unpaired) electrons. The highest BCUT2D eigenvalue weighted by Crippen LogP contribution is 2.24. The zero-order chi connectivity index (χ0) is 15.8. The van der Waals surface area contributed by atoms with Gasteiger partial charge >= 0.3 is 0 Å². The third-order valence-corrected chi connectivity index (χ3v) is 3.38. The van der Waals surface area contributed by atoms with Gasteiger partial charge in [0.05, 0.1) is 7.11 Å². The Labute approximate surface area is 130 Å². The minimum Gasteiger partial charge on any atom is -0.494 e. The first-order valence-electron chi connectivity index (χ1n) is 6.92. The number of para-hydroxylation sites is 1. The lowest BCUT2D eigenvalue weighted by molar-refractivity contribution is 0.174. The number of benzene rings is 1. The predicted molar refractivity (Wildman–Crippen MR) is 82.2 cm³/mol. The summed E-state index contributed by atoms with van der Waals surface area (Å²) >= 11 is 0. The standard InChI is InChI=1S/C15H12N6O2/c1-9-15(18-14-13(17-9)12(22-2)7-8-16-14)23-21-11-6-4-3-5-10(11)19-20-21/h3-8H,1-2H3. The highest BCUT2D eigenvalue weighted by Gasteiger charge is 2.13. The van der Waals surface area contributed by atoms with Crippen LogP contribution >= 0.6 is 0 Å². The Hall–Kier alpha value is -3.29. The third kappa shape index (κ3) is 2.20. The largest absolute Gasteiger partial charge is 0.494 e. The van der Waals surface area contributed by atoms with Gasteiger partial charge in [0.25, 0.3) is 5.88 Å². The summed E-state index contributed by atoms with van der Waals surface area (Å²) in [6, 6.07) is 9.23. The van der Waals surface area contributed by atoms with Crippen molar-refractivity contribution in [2.45, 2.75) is 6.92 Å². The summed E-state index contributed by atoms with van der Waals surface area (Å²) in [5.41, 5.74) is 3.10. The molecule has 4 aromatic rings. The summed E-state index contributed by atoms with van der Waals surface area (Å²) < 4.78 is 5.28. The average Bonchev–Trinajstić information content (AvgIpc) is 2.98. The Morgan fingerprint density at radius 1 is 1.09 bits per heavy atom. The van der Waals surface area contributed by atoms with Gasteiger partial charge < -0.3 is 9.57 Å². The van der Waals surface area contributed by atoms with E-state index in [-0.39, 0.29) is 0 Å². The summed E-state index contributed by atoms with van der Waals surface area (Å²) in [6.45, 7) is 1.80. The Morgan fingerprint density at radius 2 is 1.96 bits per heavy atom. The van der Waals surface area contributed by atoms with Crippen LogP contribution in [0.2, 0.25) is 0 Å². The number of ether oxygens (including phenoxy) is 1. The summed E-state index contributed by atoms with van der Waals surface area (Å²) in [5, 5.41) is 8.02. The molecule has 8 nitrogen and oxygen atoms in total. The van der Waals surface area contributed by atoms with Crippen LogP contribution in [0, 0.1) is 6.92 Å². The van der Waals surface area contributed by atoms with Gasteiger partial charge in [0.1, 0.15) is 22.5 Å². The molecule has 114 valence electrons. The van der Waals surface area contributed by atoms with Crippen LogP contribution in [0.15, 0.2) is 36.5 Å². The molecule has 1 aromatic carbocycles. The van der Waals surface area contributed by atoms with E-state index in [9.17, 15) is 0 Å². The fourth-order valence-corrected chi connectivity index (χ4v) is 2.25. The Morgan fingerprint density at radius 3 is 2.83 bits per heavy atom. The van der Waals surface area contributed by atoms with E-state index in [1.54, 1.807) is 26.3 Å². The quantitative estimate of drug-likeness (QED) is 0.571. The maximum absolute atomic E-state index is 5.73. The molecule has 0 aliphatic rings. The van der Waals surface area contributed by atoms with Crippen molar-refractivity contribution in [2.75, 3.05) is 7.11 Å². The van der Waals surface area contributed by atoms with E-state index in [4.69, 9.17) is 9.57 Å². The fourth-order valence-electron chi connectivity index (χ4n) is 2.25. The molecule has 0 aliphatic heterocycles. The molecule has 3 heterocycles. The zero-order valence-electron chi connectivity index (χ0n) is 12.5. The smallest absolute Gasteiger partial charge is 0.272 e. The number of aryl methyl sites for hydroxylation is 1. The number of rotatable bonds is 3. The summed E-state index contributed by atoms with van der Waals surface area (Å²) in [7, 11) is 1.58. The van der Waals surface area contributed by atoms with E-state index in [0.29, 0.717) is 28.5 Å². The van der Waals surface area contributed by atoms with E-state index >= 15 is 0 Å². The normalized spacial score (nSPS) is 11.0. The SMILES string of the molecule is COc1ccnc2nc(On3nnc4ccccc43)c(C)nc12. The van der Waals surface area contributed by atoms with Crippen LogP contribution in [0.25, 0.3) is 22.2 Å². The zero-order valence-corrected chi connectivity index (χ0v) is 12.5. The number of pyridine rings is 1. The van der Waals surface area contributed by atoms with Crippen LogP contribution in [-0.4, -0.2) is 37.2 Å². The van der Waals surface area contributed by atoms with Crippen molar-refractivity contribution in [1.82, 2.24) is 30.1 Å². The molecule has 0 spiro atoms. The lowest BCUT2D eigenvalue weighted by Crippen LogP contribution is -2.10. The molecule has 0 saturated carbocycles. The van der Waals surface area contributed by atoms with Crippen LogP contribution in [0.3, 0.4) is 0 Å². The molecule has 23 heavy (non-hydrogen) atoms. The van der Waals surface area contributed by atoms with Crippen molar-refractivity contribution < 1.29 is 9.57 Å².